The molecule has 2 aromatic rings. The highest BCUT2D eigenvalue weighted by molar-refractivity contribution is 5.94. The lowest BCUT2D eigenvalue weighted by molar-refractivity contribution is -0.115. The van der Waals surface area contributed by atoms with Crippen LogP contribution in [0, 0.1) is 13.8 Å². The maximum Gasteiger partial charge on any atom is 0.229 e. The van der Waals surface area contributed by atoms with Crippen LogP contribution in [0.4, 0.5) is 11.5 Å². The van der Waals surface area contributed by atoms with Gasteiger partial charge in [0, 0.05) is 18.7 Å². The lowest BCUT2D eigenvalue weighted by Gasteiger charge is -2.19. The summed E-state index contributed by atoms with van der Waals surface area (Å²) in [6.07, 6.45) is 5.69. The first-order valence-corrected chi connectivity index (χ1v) is 7.41. The van der Waals surface area contributed by atoms with Crippen LogP contribution in [-0.4, -0.2) is 34.1 Å². The number of hydrogen-bond acceptors (Lipinski definition) is 6. The first-order valence-electron chi connectivity index (χ1n) is 7.41. The number of aryl methyl sites for hydroxylation is 2. The Bertz CT molecular complexity index is 657. The van der Waals surface area contributed by atoms with Gasteiger partial charge in [0.1, 0.15) is 17.8 Å². The van der Waals surface area contributed by atoms with Crippen molar-refractivity contribution in [2.24, 2.45) is 0 Å². The number of anilines is 2. The second-order valence-electron chi connectivity index (χ2n) is 5.48. The first kappa shape index (κ1) is 14.5. The SMILES string of the molecule is Cc1noc(C)c1CC(=O)Nc1cncnc1N1CCCC1. The molecule has 22 heavy (non-hydrogen) atoms. The molecular weight excluding hydrogens is 282 g/mol. The van der Waals surface area contributed by atoms with Crippen LogP contribution in [0.3, 0.4) is 0 Å². The number of amides is 1. The van der Waals surface area contributed by atoms with Crippen LogP contribution >= 0.6 is 0 Å². The molecule has 0 unspecified atom stereocenters. The molecule has 0 bridgehead atoms. The molecule has 7 nitrogen and oxygen atoms in total. The largest absolute Gasteiger partial charge is 0.361 e. The Morgan fingerprint density at radius 1 is 1.36 bits per heavy atom. The minimum Gasteiger partial charge on any atom is -0.361 e. The van der Waals surface area contributed by atoms with Gasteiger partial charge in [0.2, 0.25) is 5.91 Å². The Hall–Kier alpha value is -2.44. The summed E-state index contributed by atoms with van der Waals surface area (Å²) in [5, 5.41) is 6.77. The molecule has 1 N–H and O–H groups in total. The summed E-state index contributed by atoms with van der Waals surface area (Å²) >= 11 is 0. The van der Waals surface area contributed by atoms with Crippen LogP contribution in [0.15, 0.2) is 17.0 Å². The van der Waals surface area contributed by atoms with Crippen molar-refractivity contribution in [2.75, 3.05) is 23.3 Å². The van der Waals surface area contributed by atoms with Gasteiger partial charge in [-0.05, 0) is 26.7 Å². The second-order valence-corrected chi connectivity index (χ2v) is 5.48. The molecule has 7 heteroatoms. The summed E-state index contributed by atoms with van der Waals surface area (Å²) < 4.78 is 5.09. The van der Waals surface area contributed by atoms with E-state index in [2.05, 4.69) is 25.3 Å². The van der Waals surface area contributed by atoms with E-state index in [-0.39, 0.29) is 12.3 Å². The van der Waals surface area contributed by atoms with Crippen LogP contribution in [0.25, 0.3) is 0 Å². The summed E-state index contributed by atoms with van der Waals surface area (Å²) in [6.45, 7) is 5.57. The molecule has 116 valence electrons. The molecule has 3 heterocycles. The van der Waals surface area contributed by atoms with E-state index >= 15 is 0 Å². The zero-order valence-corrected chi connectivity index (χ0v) is 12.8. The molecular formula is C15H19N5O2. The smallest absolute Gasteiger partial charge is 0.229 e. The third kappa shape index (κ3) is 2.93. The van der Waals surface area contributed by atoms with Gasteiger partial charge in [-0.1, -0.05) is 5.16 Å². The lowest BCUT2D eigenvalue weighted by atomic mass is 10.1. The molecule has 2 aromatic heterocycles. The summed E-state index contributed by atoms with van der Waals surface area (Å²) in [5.74, 6) is 1.35. The first-order chi connectivity index (χ1) is 10.6. The Balaban J connectivity index is 1.74. The highest BCUT2D eigenvalue weighted by Gasteiger charge is 2.19. The molecule has 0 radical (unpaired) electrons. The van der Waals surface area contributed by atoms with E-state index in [9.17, 15) is 4.79 Å². The lowest BCUT2D eigenvalue weighted by Crippen LogP contribution is -2.23. The van der Waals surface area contributed by atoms with Crippen LogP contribution in [0.2, 0.25) is 0 Å². The third-order valence-electron chi connectivity index (χ3n) is 3.89. The number of hydrogen-bond donors (Lipinski definition) is 1. The van der Waals surface area contributed by atoms with Crippen molar-refractivity contribution in [2.45, 2.75) is 33.1 Å². The van der Waals surface area contributed by atoms with Gasteiger partial charge in [-0.3, -0.25) is 4.79 Å². The molecule has 0 saturated carbocycles. The molecule has 0 aliphatic carbocycles. The summed E-state index contributed by atoms with van der Waals surface area (Å²) in [7, 11) is 0. The summed E-state index contributed by atoms with van der Waals surface area (Å²) in [6, 6.07) is 0. The van der Waals surface area contributed by atoms with Gasteiger partial charge in [-0.25, -0.2) is 9.97 Å². The van der Waals surface area contributed by atoms with Gasteiger partial charge in [-0.2, -0.15) is 0 Å². The fourth-order valence-corrected chi connectivity index (χ4v) is 2.70. The zero-order valence-electron chi connectivity index (χ0n) is 12.8. The summed E-state index contributed by atoms with van der Waals surface area (Å²) in [5.41, 5.74) is 2.23. The average Bonchev–Trinajstić information content (AvgIpc) is 3.13. The van der Waals surface area contributed by atoms with E-state index < -0.39 is 0 Å². The van der Waals surface area contributed by atoms with E-state index in [1.54, 1.807) is 6.20 Å². The van der Waals surface area contributed by atoms with Crippen LogP contribution in [0.5, 0.6) is 0 Å². The molecule has 1 saturated heterocycles. The van der Waals surface area contributed by atoms with Crippen molar-refractivity contribution < 1.29 is 9.32 Å². The normalized spacial score (nSPS) is 14.4. The molecule has 1 aliphatic heterocycles. The maximum atomic E-state index is 12.3. The van der Waals surface area contributed by atoms with Crippen LogP contribution in [0.1, 0.15) is 29.9 Å². The van der Waals surface area contributed by atoms with Crippen molar-refractivity contribution in [3.63, 3.8) is 0 Å². The van der Waals surface area contributed by atoms with Gasteiger partial charge in [0.25, 0.3) is 0 Å². The van der Waals surface area contributed by atoms with Gasteiger partial charge < -0.3 is 14.7 Å². The van der Waals surface area contributed by atoms with E-state index in [0.29, 0.717) is 11.4 Å². The number of carbonyl (C=O) groups is 1. The number of rotatable bonds is 4. The number of nitrogens with one attached hydrogen (secondary N) is 1. The zero-order chi connectivity index (χ0) is 15.5. The monoisotopic (exact) mass is 301 g/mol. The van der Waals surface area contributed by atoms with Crippen molar-refractivity contribution in [3.8, 4) is 0 Å². The number of carbonyl (C=O) groups excluding carboxylic acids is 1. The molecule has 1 amide bonds. The highest BCUT2D eigenvalue weighted by Crippen LogP contribution is 2.25. The highest BCUT2D eigenvalue weighted by atomic mass is 16.5. The fourth-order valence-electron chi connectivity index (χ4n) is 2.70. The van der Waals surface area contributed by atoms with Crippen molar-refractivity contribution in [1.82, 2.24) is 15.1 Å². The number of nitrogens with zero attached hydrogens (tertiary/aromatic N) is 4. The molecule has 0 atom stereocenters. The van der Waals surface area contributed by atoms with E-state index in [4.69, 9.17) is 4.52 Å². The molecule has 1 aliphatic rings. The Kier molecular flexibility index (Phi) is 4.04. The van der Waals surface area contributed by atoms with Crippen LogP contribution in [-0.2, 0) is 11.2 Å². The number of aromatic nitrogens is 3. The standard InChI is InChI=1S/C15H19N5O2/c1-10-12(11(2)22-19-10)7-14(21)18-13-8-16-9-17-15(13)20-5-3-4-6-20/h8-9H,3-7H2,1-2H3,(H,18,21). The third-order valence-corrected chi connectivity index (χ3v) is 3.89. The predicted molar refractivity (Wildman–Crippen MR) is 81.8 cm³/mol. The van der Waals surface area contributed by atoms with Crippen molar-refractivity contribution in [1.29, 1.82) is 0 Å². The summed E-state index contributed by atoms with van der Waals surface area (Å²) in [4.78, 5) is 22.8. The average molecular weight is 301 g/mol. The Labute approximate surface area is 128 Å². The molecule has 1 fully saturated rings. The minimum absolute atomic E-state index is 0.121. The van der Waals surface area contributed by atoms with Crippen molar-refractivity contribution in [3.05, 3.63) is 29.5 Å². The second kappa shape index (κ2) is 6.13. The Morgan fingerprint density at radius 3 is 2.82 bits per heavy atom. The van der Waals surface area contributed by atoms with E-state index in [1.165, 1.54) is 6.33 Å². The topological polar surface area (TPSA) is 84.2 Å². The van der Waals surface area contributed by atoms with Gasteiger partial charge in [0.15, 0.2) is 5.82 Å². The van der Waals surface area contributed by atoms with Crippen LogP contribution < -0.4 is 10.2 Å². The van der Waals surface area contributed by atoms with Gasteiger partial charge in [-0.15, -0.1) is 0 Å². The van der Waals surface area contributed by atoms with Crippen molar-refractivity contribution >= 4 is 17.4 Å². The minimum atomic E-state index is -0.121. The van der Waals surface area contributed by atoms with Gasteiger partial charge in [0.05, 0.1) is 18.3 Å². The van der Waals surface area contributed by atoms with Gasteiger partial charge >= 0.3 is 0 Å². The Morgan fingerprint density at radius 2 is 2.14 bits per heavy atom. The molecule has 3 rings (SSSR count). The molecule has 0 aromatic carbocycles. The fraction of sp³-hybridized carbons (Fsp3) is 0.467. The van der Waals surface area contributed by atoms with E-state index in [0.717, 1.165) is 43.0 Å². The molecule has 0 spiro atoms. The van der Waals surface area contributed by atoms with E-state index in [1.807, 2.05) is 13.8 Å². The quantitative estimate of drug-likeness (QED) is 0.928. The maximum absolute atomic E-state index is 12.3. The predicted octanol–water partition coefficient (Wildman–Crippen LogP) is 1.86.